The van der Waals surface area contributed by atoms with E-state index in [9.17, 15) is 9.59 Å². The van der Waals surface area contributed by atoms with Crippen molar-refractivity contribution in [2.24, 2.45) is 0 Å². The second-order valence-corrected chi connectivity index (χ2v) is 5.49. The molecule has 0 bridgehead atoms. The molecule has 0 saturated heterocycles. The summed E-state index contributed by atoms with van der Waals surface area (Å²) >= 11 is 3.22. The van der Waals surface area contributed by atoms with Crippen molar-refractivity contribution in [2.75, 3.05) is 11.9 Å². The molecule has 0 aliphatic rings. The Bertz CT molecular complexity index is 689. The van der Waals surface area contributed by atoms with Gasteiger partial charge in [0, 0.05) is 22.6 Å². The third-order valence-electron chi connectivity index (χ3n) is 2.89. The molecular formula is C16H15BrN2O3. The standard InChI is InChI=1S/C16H15BrN2O3/c1-2-11-4-3-5-14(6-11)19-15(20)10-22-16(21)12-7-13(17)9-18-8-12/h3-9H,2,10H2,1H3,(H,19,20). The minimum atomic E-state index is -0.591. The zero-order valence-corrected chi connectivity index (χ0v) is 13.6. The van der Waals surface area contributed by atoms with E-state index in [0.717, 1.165) is 12.0 Å². The first-order valence-electron chi connectivity index (χ1n) is 6.75. The molecule has 114 valence electrons. The number of aromatic nitrogens is 1. The molecule has 0 atom stereocenters. The largest absolute Gasteiger partial charge is 0.452 e. The van der Waals surface area contributed by atoms with E-state index >= 15 is 0 Å². The van der Waals surface area contributed by atoms with E-state index in [0.29, 0.717) is 10.2 Å². The number of hydrogen-bond donors (Lipinski definition) is 1. The van der Waals surface area contributed by atoms with E-state index in [4.69, 9.17) is 4.74 Å². The molecule has 0 radical (unpaired) electrons. The Morgan fingerprint density at radius 1 is 1.27 bits per heavy atom. The molecular weight excluding hydrogens is 348 g/mol. The second kappa shape index (κ2) is 7.70. The van der Waals surface area contributed by atoms with Crippen molar-refractivity contribution in [3.63, 3.8) is 0 Å². The van der Waals surface area contributed by atoms with Gasteiger partial charge in [-0.3, -0.25) is 9.78 Å². The topological polar surface area (TPSA) is 68.3 Å². The summed E-state index contributed by atoms with van der Waals surface area (Å²) in [6.07, 6.45) is 3.83. The van der Waals surface area contributed by atoms with E-state index in [1.165, 1.54) is 6.20 Å². The van der Waals surface area contributed by atoms with Gasteiger partial charge in [-0.2, -0.15) is 0 Å². The molecule has 2 rings (SSSR count). The Labute approximate surface area is 136 Å². The highest BCUT2D eigenvalue weighted by Gasteiger charge is 2.11. The Balaban J connectivity index is 1.88. The monoisotopic (exact) mass is 362 g/mol. The lowest BCUT2D eigenvalue weighted by atomic mass is 10.1. The molecule has 1 heterocycles. The summed E-state index contributed by atoms with van der Waals surface area (Å²) in [4.78, 5) is 27.5. The molecule has 0 spiro atoms. The number of aryl methyl sites for hydroxylation is 1. The van der Waals surface area contributed by atoms with Crippen LogP contribution < -0.4 is 5.32 Å². The van der Waals surface area contributed by atoms with Crippen molar-refractivity contribution in [1.82, 2.24) is 4.98 Å². The number of rotatable bonds is 5. The molecule has 22 heavy (non-hydrogen) atoms. The second-order valence-electron chi connectivity index (χ2n) is 4.57. The molecule has 2 aromatic rings. The van der Waals surface area contributed by atoms with Crippen LogP contribution in [0.4, 0.5) is 5.69 Å². The third kappa shape index (κ3) is 4.66. The van der Waals surface area contributed by atoms with Gasteiger partial charge in [0.15, 0.2) is 6.61 Å². The number of carbonyl (C=O) groups excluding carboxylic acids is 2. The molecule has 0 aliphatic heterocycles. The fourth-order valence-corrected chi connectivity index (χ4v) is 2.17. The highest BCUT2D eigenvalue weighted by atomic mass is 79.9. The predicted molar refractivity (Wildman–Crippen MR) is 86.7 cm³/mol. The van der Waals surface area contributed by atoms with Gasteiger partial charge in [-0.05, 0) is 46.1 Å². The maximum Gasteiger partial charge on any atom is 0.340 e. The normalized spacial score (nSPS) is 10.1. The predicted octanol–water partition coefficient (Wildman–Crippen LogP) is 3.20. The van der Waals surface area contributed by atoms with Gasteiger partial charge in [0.1, 0.15) is 0 Å². The zero-order valence-electron chi connectivity index (χ0n) is 12.0. The molecule has 1 aromatic carbocycles. The van der Waals surface area contributed by atoms with E-state index in [1.54, 1.807) is 18.3 Å². The van der Waals surface area contributed by atoms with E-state index in [2.05, 4.69) is 26.2 Å². The molecule has 1 amide bonds. The minimum Gasteiger partial charge on any atom is -0.452 e. The van der Waals surface area contributed by atoms with Gasteiger partial charge in [0.05, 0.1) is 5.56 Å². The van der Waals surface area contributed by atoms with Crippen molar-refractivity contribution in [3.8, 4) is 0 Å². The molecule has 0 unspecified atom stereocenters. The zero-order chi connectivity index (χ0) is 15.9. The summed E-state index contributed by atoms with van der Waals surface area (Å²) in [7, 11) is 0. The van der Waals surface area contributed by atoms with Crippen LogP contribution >= 0.6 is 15.9 Å². The average molecular weight is 363 g/mol. The van der Waals surface area contributed by atoms with Crippen LogP contribution in [-0.2, 0) is 16.0 Å². The SMILES string of the molecule is CCc1cccc(NC(=O)COC(=O)c2cncc(Br)c2)c1. The van der Waals surface area contributed by atoms with E-state index in [-0.39, 0.29) is 18.1 Å². The van der Waals surface area contributed by atoms with Crippen LogP contribution in [0.1, 0.15) is 22.8 Å². The molecule has 0 aliphatic carbocycles. The van der Waals surface area contributed by atoms with Gasteiger partial charge < -0.3 is 10.1 Å². The van der Waals surface area contributed by atoms with Gasteiger partial charge in [0.25, 0.3) is 5.91 Å². The van der Waals surface area contributed by atoms with Gasteiger partial charge >= 0.3 is 5.97 Å². The quantitative estimate of drug-likeness (QED) is 0.829. The van der Waals surface area contributed by atoms with E-state index in [1.807, 2.05) is 25.1 Å². The first-order chi connectivity index (χ1) is 10.6. The fraction of sp³-hybridized carbons (Fsp3) is 0.188. The smallest absolute Gasteiger partial charge is 0.340 e. The number of halogens is 1. The van der Waals surface area contributed by atoms with Gasteiger partial charge in [-0.15, -0.1) is 0 Å². The number of nitrogens with zero attached hydrogens (tertiary/aromatic N) is 1. The van der Waals surface area contributed by atoms with Crippen LogP contribution in [0.3, 0.4) is 0 Å². The van der Waals surface area contributed by atoms with Gasteiger partial charge in [-0.1, -0.05) is 19.1 Å². The van der Waals surface area contributed by atoms with Crippen LogP contribution in [0.5, 0.6) is 0 Å². The summed E-state index contributed by atoms with van der Waals surface area (Å²) in [5.41, 5.74) is 2.09. The number of ether oxygens (including phenoxy) is 1. The first kappa shape index (κ1) is 16.2. The van der Waals surface area contributed by atoms with E-state index < -0.39 is 5.97 Å². The van der Waals surface area contributed by atoms with Crippen LogP contribution in [-0.4, -0.2) is 23.5 Å². The lowest BCUT2D eigenvalue weighted by molar-refractivity contribution is -0.119. The number of hydrogen-bond acceptors (Lipinski definition) is 4. The number of carbonyl (C=O) groups is 2. The van der Waals surface area contributed by atoms with Gasteiger partial charge in [0.2, 0.25) is 0 Å². The van der Waals surface area contributed by atoms with Crippen molar-refractivity contribution < 1.29 is 14.3 Å². The summed E-state index contributed by atoms with van der Waals surface area (Å²) in [6.45, 7) is 1.69. The molecule has 1 N–H and O–H groups in total. The van der Waals surface area contributed by atoms with Crippen LogP contribution in [0.2, 0.25) is 0 Å². The highest BCUT2D eigenvalue weighted by molar-refractivity contribution is 9.10. The van der Waals surface area contributed by atoms with Crippen molar-refractivity contribution in [1.29, 1.82) is 0 Å². The van der Waals surface area contributed by atoms with Crippen LogP contribution in [0.15, 0.2) is 47.2 Å². The molecule has 1 aromatic heterocycles. The lowest BCUT2D eigenvalue weighted by Crippen LogP contribution is -2.21. The maximum atomic E-state index is 11.8. The molecule has 5 nitrogen and oxygen atoms in total. The summed E-state index contributed by atoms with van der Waals surface area (Å²) in [5.74, 6) is -0.976. The van der Waals surface area contributed by atoms with Crippen LogP contribution in [0, 0.1) is 0 Å². The Morgan fingerprint density at radius 3 is 2.82 bits per heavy atom. The van der Waals surface area contributed by atoms with Crippen molar-refractivity contribution in [3.05, 3.63) is 58.3 Å². The third-order valence-corrected chi connectivity index (χ3v) is 3.33. The fourth-order valence-electron chi connectivity index (χ4n) is 1.80. The number of pyridine rings is 1. The molecule has 0 fully saturated rings. The summed E-state index contributed by atoms with van der Waals surface area (Å²) < 4.78 is 5.63. The number of esters is 1. The number of benzene rings is 1. The number of anilines is 1. The molecule has 6 heteroatoms. The minimum absolute atomic E-state index is 0.287. The van der Waals surface area contributed by atoms with Gasteiger partial charge in [-0.25, -0.2) is 4.79 Å². The average Bonchev–Trinajstić information content (AvgIpc) is 2.52. The van der Waals surface area contributed by atoms with Crippen molar-refractivity contribution in [2.45, 2.75) is 13.3 Å². The number of nitrogens with one attached hydrogen (secondary N) is 1. The first-order valence-corrected chi connectivity index (χ1v) is 7.54. The highest BCUT2D eigenvalue weighted by Crippen LogP contribution is 2.12. The van der Waals surface area contributed by atoms with Crippen LogP contribution in [0.25, 0.3) is 0 Å². The maximum absolute atomic E-state index is 11.8. The Morgan fingerprint density at radius 2 is 2.09 bits per heavy atom. The Hall–Kier alpha value is -2.21. The Kier molecular flexibility index (Phi) is 5.66. The number of amides is 1. The lowest BCUT2D eigenvalue weighted by Gasteiger charge is -2.07. The summed E-state index contributed by atoms with van der Waals surface area (Å²) in [5, 5.41) is 2.69. The summed E-state index contributed by atoms with van der Waals surface area (Å²) in [6, 6.07) is 9.11. The molecule has 0 saturated carbocycles. The van der Waals surface area contributed by atoms with Crippen molar-refractivity contribution >= 4 is 33.5 Å².